The van der Waals surface area contributed by atoms with Gasteiger partial charge in [-0.1, -0.05) is 0 Å². The lowest BCUT2D eigenvalue weighted by atomic mass is 9.54. The Bertz CT molecular complexity index is 275. The average molecular weight is 235 g/mol. The lowest BCUT2D eigenvalue weighted by molar-refractivity contribution is -0.0739. The van der Waals surface area contributed by atoms with Gasteiger partial charge in [-0.25, -0.2) is 0 Å². The maximum atomic E-state index is 9.55. The molecule has 17 heavy (non-hydrogen) atoms. The topological polar surface area (TPSA) is 23.5 Å². The second-order valence-corrected chi connectivity index (χ2v) is 7.14. The quantitative estimate of drug-likeness (QED) is 0.793. The van der Waals surface area contributed by atoms with Gasteiger partial charge < -0.3 is 5.11 Å². The molecule has 4 bridgehead atoms. The molecule has 0 aromatic carbocycles. The zero-order chi connectivity index (χ0) is 11.4. The van der Waals surface area contributed by atoms with E-state index in [1.165, 1.54) is 45.1 Å². The molecule has 5 aliphatic rings. The van der Waals surface area contributed by atoms with Crippen LogP contribution in [0.5, 0.6) is 0 Å². The van der Waals surface area contributed by atoms with Gasteiger partial charge in [-0.05, 0) is 75.2 Å². The van der Waals surface area contributed by atoms with Gasteiger partial charge in [-0.2, -0.15) is 0 Å². The van der Waals surface area contributed by atoms with E-state index in [1.54, 1.807) is 6.42 Å². The molecular weight excluding hydrogens is 210 g/mol. The molecule has 0 amide bonds. The Balaban J connectivity index is 1.57. The van der Waals surface area contributed by atoms with Gasteiger partial charge in [0.25, 0.3) is 0 Å². The van der Waals surface area contributed by atoms with Gasteiger partial charge >= 0.3 is 0 Å². The normalized spacial score (nSPS) is 53.5. The molecule has 0 unspecified atom stereocenters. The van der Waals surface area contributed by atoms with Crippen LogP contribution in [0.3, 0.4) is 0 Å². The van der Waals surface area contributed by atoms with Crippen molar-refractivity contribution in [3.05, 3.63) is 0 Å². The van der Waals surface area contributed by atoms with Crippen LogP contribution in [0.1, 0.15) is 44.9 Å². The maximum Gasteiger partial charge on any atom is 0.0586 e. The lowest BCUT2D eigenvalue weighted by Crippen LogP contribution is -2.57. The summed E-state index contributed by atoms with van der Waals surface area (Å²) in [5, 5.41) is 9.55. The smallest absolute Gasteiger partial charge is 0.0586 e. The SMILES string of the molecule is OC[C@@H]1CCCN1C1C2CC3CC(C2)CC1C3. The van der Waals surface area contributed by atoms with Crippen molar-refractivity contribution in [3.63, 3.8) is 0 Å². The van der Waals surface area contributed by atoms with Crippen LogP contribution in [0.4, 0.5) is 0 Å². The minimum absolute atomic E-state index is 0.392. The van der Waals surface area contributed by atoms with Gasteiger partial charge in [-0.15, -0.1) is 0 Å². The number of nitrogens with zero attached hydrogens (tertiary/aromatic N) is 1. The van der Waals surface area contributed by atoms with E-state index in [0.29, 0.717) is 12.6 Å². The highest BCUT2D eigenvalue weighted by Crippen LogP contribution is 2.55. The molecule has 5 rings (SSSR count). The Hall–Kier alpha value is -0.0800. The first-order valence-electron chi connectivity index (χ1n) is 7.71. The monoisotopic (exact) mass is 235 g/mol. The van der Waals surface area contributed by atoms with E-state index in [0.717, 1.165) is 29.7 Å². The van der Waals surface area contributed by atoms with E-state index in [4.69, 9.17) is 0 Å². The van der Waals surface area contributed by atoms with Gasteiger partial charge in [-0.3, -0.25) is 4.90 Å². The Kier molecular flexibility index (Phi) is 2.52. The van der Waals surface area contributed by atoms with Crippen molar-refractivity contribution < 1.29 is 5.11 Å². The van der Waals surface area contributed by atoms with Crippen molar-refractivity contribution in [2.45, 2.75) is 57.0 Å². The first-order valence-corrected chi connectivity index (χ1v) is 7.71. The molecule has 4 saturated carbocycles. The standard InChI is InChI=1S/C15H25NO/c17-9-14-2-1-3-16(14)15-12-5-10-4-11(7-12)8-13(15)6-10/h10-15,17H,1-9H2/t10?,11?,12?,13?,14-,15?/m0/s1. The molecule has 5 fully saturated rings. The fraction of sp³-hybridized carbons (Fsp3) is 1.00. The van der Waals surface area contributed by atoms with Crippen LogP contribution in [-0.2, 0) is 0 Å². The number of aliphatic hydroxyl groups excluding tert-OH is 1. The molecule has 1 heterocycles. The zero-order valence-corrected chi connectivity index (χ0v) is 10.7. The molecule has 0 aromatic rings. The van der Waals surface area contributed by atoms with Crippen molar-refractivity contribution in [2.24, 2.45) is 23.7 Å². The molecule has 2 nitrogen and oxygen atoms in total. The molecule has 2 heteroatoms. The first kappa shape index (κ1) is 10.8. The molecule has 1 atom stereocenters. The highest BCUT2D eigenvalue weighted by molar-refractivity contribution is 5.04. The molecular formula is C15H25NO. The van der Waals surface area contributed by atoms with Crippen LogP contribution < -0.4 is 0 Å². The fourth-order valence-electron chi connectivity index (χ4n) is 5.88. The minimum Gasteiger partial charge on any atom is -0.395 e. The third-order valence-electron chi connectivity index (χ3n) is 6.19. The number of aliphatic hydroxyl groups is 1. The van der Waals surface area contributed by atoms with Crippen molar-refractivity contribution >= 4 is 0 Å². The summed E-state index contributed by atoms with van der Waals surface area (Å²) < 4.78 is 0. The number of rotatable bonds is 2. The van der Waals surface area contributed by atoms with E-state index >= 15 is 0 Å². The first-order chi connectivity index (χ1) is 8.35. The van der Waals surface area contributed by atoms with E-state index in [1.807, 2.05) is 0 Å². The van der Waals surface area contributed by atoms with E-state index in [9.17, 15) is 5.11 Å². The maximum absolute atomic E-state index is 9.55. The van der Waals surface area contributed by atoms with Crippen LogP contribution in [0.2, 0.25) is 0 Å². The van der Waals surface area contributed by atoms with E-state index in [-0.39, 0.29) is 0 Å². The Morgan fingerprint density at radius 1 is 0.941 bits per heavy atom. The summed E-state index contributed by atoms with van der Waals surface area (Å²) in [7, 11) is 0. The zero-order valence-electron chi connectivity index (χ0n) is 10.7. The predicted molar refractivity (Wildman–Crippen MR) is 67.6 cm³/mol. The Morgan fingerprint density at radius 3 is 2.18 bits per heavy atom. The number of hydrogen-bond donors (Lipinski definition) is 1. The van der Waals surface area contributed by atoms with Gasteiger partial charge in [0.1, 0.15) is 0 Å². The summed E-state index contributed by atoms with van der Waals surface area (Å²) in [4.78, 5) is 2.72. The van der Waals surface area contributed by atoms with E-state index < -0.39 is 0 Å². The highest BCUT2D eigenvalue weighted by atomic mass is 16.3. The summed E-state index contributed by atoms with van der Waals surface area (Å²) in [5.41, 5.74) is 0. The summed E-state index contributed by atoms with van der Waals surface area (Å²) >= 11 is 0. The van der Waals surface area contributed by atoms with Crippen LogP contribution in [0, 0.1) is 23.7 Å². The Labute approximate surface area is 104 Å². The van der Waals surface area contributed by atoms with Crippen molar-refractivity contribution in [1.82, 2.24) is 4.90 Å². The van der Waals surface area contributed by atoms with Crippen LogP contribution in [-0.4, -0.2) is 35.2 Å². The highest BCUT2D eigenvalue weighted by Gasteiger charge is 2.51. The predicted octanol–water partition coefficient (Wildman–Crippen LogP) is 2.27. The second-order valence-electron chi connectivity index (χ2n) is 7.14. The van der Waals surface area contributed by atoms with Crippen molar-refractivity contribution in [3.8, 4) is 0 Å². The van der Waals surface area contributed by atoms with Gasteiger partial charge in [0.15, 0.2) is 0 Å². The van der Waals surface area contributed by atoms with E-state index in [2.05, 4.69) is 4.90 Å². The number of likely N-dealkylation sites (tertiary alicyclic amines) is 1. The average Bonchev–Trinajstić information content (AvgIpc) is 2.75. The number of hydrogen-bond acceptors (Lipinski definition) is 2. The summed E-state index contributed by atoms with van der Waals surface area (Å²) in [6, 6.07) is 1.35. The molecule has 96 valence electrons. The van der Waals surface area contributed by atoms with Crippen LogP contribution in [0.15, 0.2) is 0 Å². The van der Waals surface area contributed by atoms with Gasteiger partial charge in [0, 0.05) is 12.1 Å². The van der Waals surface area contributed by atoms with Crippen molar-refractivity contribution in [2.75, 3.05) is 13.2 Å². The van der Waals surface area contributed by atoms with Crippen LogP contribution >= 0.6 is 0 Å². The Morgan fingerprint density at radius 2 is 1.59 bits per heavy atom. The molecule has 0 radical (unpaired) electrons. The molecule has 1 N–H and O–H groups in total. The van der Waals surface area contributed by atoms with Crippen LogP contribution in [0.25, 0.3) is 0 Å². The largest absolute Gasteiger partial charge is 0.395 e. The fourth-order valence-corrected chi connectivity index (χ4v) is 5.88. The third-order valence-corrected chi connectivity index (χ3v) is 6.19. The second kappa shape index (κ2) is 3.96. The minimum atomic E-state index is 0.392. The third kappa shape index (κ3) is 1.60. The van der Waals surface area contributed by atoms with Gasteiger partial charge in [0.2, 0.25) is 0 Å². The molecule has 4 aliphatic carbocycles. The molecule has 1 aliphatic heterocycles. The summed E-state index contributed by atoms with van der Waals surface area (Å²) in [6.07, 6.45) is 10.1. The van der Waals surface area contributed by atoms with Gasteiger partial charge in [0.05, 0.1) is 6.61 Å². The molecule has 0 spiro atoms. The summed E-state index contributed by atoms with van der Waals surface area (Å²) in [6.45, 7) is 1.65. The molecule has 1 saturated heterocycles. The van der Waals surface area contributed by atoms with Crippen molar-refractivity contribution in [1.29, 1.82) is 0 Å². The lowest BCUT2D eigenvalue weighted by Gasteiger charge is -2.57. The molecule has 0 aromatic heterocycles. The summed E-state index contributed by atoms with van der Waals surface area (Å²) in [5.74, 6) is 4.12.